The summed E-state index contributed by atoms with van der Waals surface area (Å²) in [5.74, 6) is -0.163. The van der Waals surface area contributed by atoms with Crippen LogP contribution in [0.15, 0.2) is 24.3 Å². The van der Waals surface area contributed by atoms with Crippen LogP contribution in [0.25, 0.3) is 0 Å². The van der Waals surface area contributed by atoms with Gasteiger partial charge in [-0.3, -0.25) is 9.59 Å². The second-order valence-electron chi connectivity index (χ2n) is 5.67. The molecule has 21 heavy (non-hydrogen) atoms. The van der Waals surface area contributed by atoms with Gasteiger partial charge in [-0.25, -0.2) is 0 Å². The van der Waals surface area contributed by atoms with Crippen molar-refractivity contribution in [2.75, 3.05) is 18.5 Å². The maximum absolute atomic E-state index is 12.3. The third-order valence-corrected chi connectivity index (χ3v) is 3.93. The number of rotatable bonds is 4. The van der Waals surface area contributed by atoms with E-state index >= 15 is 0 Å². The lowest BCUT2D eigenvalue weighted by atomic mass is 9.99. The molecule has 5 nitrogen and oxygen atoms in total. The van der Waals surface area contributed by atoms with Gasteiger partial charge < -0.3 is 15.4 Å². The highest BCUT2D eigenvalue weighted by atomic mass is 16.5. The van der Waals surface area contributed by atoms with E-state index in [1.165, 1.54) is 0 Å². The molecule has 2 fully saturated rings. The summed E-state index contributed by atoms with van der Waals surface area (Å²) in [6.45, 7) is 1.25. The van der Waals surface area contributed by atoms with E-state index < -0.39 is 0 Å². The van der Waals surface area contributed by atoms with Gasteiger partial charge in [-0.1, -0.05) is 12.1 Å². The first-order valence-electron chi connectivity index (χ1n) is 7.52. The monoisotopic (exact) mass is 288 g/mol. The number of hydrogen-bond donors (Lipinski definition) is 2. The Bertz CT molecular complexity index is 534. The van der Waals surface area contributed by atoms with Gasteiger partial charge >= 0.3 is 0 Å². The zero-order valence-electron chi connectivity index (χ0n) is 11.9. The number of carbonyl (C=O) groups is 2. The first-order valence-corrected chi connectivity index (χ1v) is 7.52. The van der Waals surface area contributed by atoms with Crippen LogP contribution in [0.1, 0.15) is 36.0 Å². The maximum atomic E-state index is 12.3. The van der Waals surface area contributed by atoms with E-state index in [1.807, 2.05) is 12.1 Å². The van der Waals surface area contributed by atoms with Gasteiger partial charge in [0, 0.05) is 25.2 Å². The number of para-hydroxylation sites is 1. The fourth-order valence-electron chi connectivity index (χ4n) is 2.48. The molecule has 0 radical (unpaired) electrons. The largest absolute Gasteiger partial charge is 0.381 e. The third kappa shape index (κ3) is 3.61. The number of ether oxygens (including phenoxy) is 1. The molecule has 2 N–H and O–H groups in total. The molecule has 0 spiro atoms. The minimum atomic E-state index is -0.111. The predicted octanol–water partition coefficient (Wildman–Crippen LogP) is 1.94. The van der Waals surface area contributed by atoms with E-state index in [2.05, 4.69) is 10.6 Å². The molecule has 1 saturated carbocycles. The van der Waals surface area contributed by atoms with Gasteiger partial charge in [0.2, 0.25) is 5.91 Å². The van der Waals surface area contributed by atoms with Crippen molar-refractivity contribution < 1.29 is 14.3 Å². The molecule has 1 aliphatic carbocycles. The zero-order chi connectivity index (χ0) is 14.7. The summed E-state index contributed by atoms with van der Waals surface area (Å²) in [4.78, 5) is 24.5. The molecular formula is C16H20N2O3. The second kappa shape index (κ2) is 6.26. The smallest absolute Gasteiger partial charge is 0.253 e. The van der Waals surface area contributed by atoms with Gasteiger partial charge in [0.05, 0.1) is 11.3 Å². The molecule has 0 atom stereocenters. The van der Waals surface area contributed by atoms with E-state index in [9.17, 15) is 9.59 Å². The summed E-state index contributed by atoms with van der Waals surface area (Å²) in [5.41, 5.74) is 1.12. The molecule has 2 amide bonds. The Hall–Kier alpha value is -1.88. The SMILES string of the molecule is O=C(NC1CC1)c1ccccc1NC(=O)C1CCOCC1. The van der Waals surface area contributed by atoms with Crippen molar-refractivity contribution in [2.45, 2.75) is 31.7 Å². The zero-order valence-corrected chi connectivity index (χ0v) is 11.9. The number of amides is 2. The lowest BCUT2D eigenvalue weighted by Crippen LogP contribution is -2.30. The molecule has 2 aliphatic rings. The van der Waals surface area contributed by atoms with Crippen LogP contribution in [0.2, 0.25) is 0 Å². The Morgan fingerprint density at radius 3 is 2.48 bits per heavy atom. The average Bonchev–Trinajstić information content (AvgIpc) is 3.32. The summed E-state index contributed by atoms with van der Waals surface area (Å²) in [7, 11) is 0. The first kappa shape index (κ1) is 14.1. The van der Waals surface area contributed by atoms with Gasteiger partial charge in [-0.15, -0.1) is 0 Å². The van der Waals surface area contributed by atoms with Gasteiger partial charge in [0.15, 0.2) is 0 Å². The third-order valence-electron chi connectivity index (χ3n) is 3.93. The predicted molar refractivity (Wildman–Crippen MR) is 79.1 cm³/mol. The Labute approximate surface area is 124 Å². The number of hydrogen-bond acceptors (Lipinski definition) is 3. The summed E-state index contributed by atoms with van der Waals surface area (Å²) in [6.07, 6.45) is 3.56. The molecule has 0 unspecified atom stereocenters. The molecule has 1 heterocycles. The van der Waals surface area contributed by atoms with Crippen molar-refractivity contribution in [3.8, 4) is 0 Å². The highest BCUT2D eigenvalue weighted by Crippen LogP contribution is 2.23. The van der Waals surface area contributed by atoms with Crippen LogP contribution < -0.4 is 10.6 Å². The van der Waals surface area contributed by atoms with E-state index in [-0.39, 0.29) is 17.7 Å². The molecule has 1 saturated heterocycles. The highest BCUT2D eigenvalue weighted by molar-refractivity contribution is 6.04. The lowest BCUT2D eigenvalue weighted by Gasteiger charge is -2.21. The minimum absolute atomic E-state index is 0.0232. The van der Waals surface area contributed by atoms with Gasteiger partial charge in [0.1, 0.15) is 0 Å². The van der Waals surface area contributed by atoms with E-state index in [0.717, 1.165) is 25.7 Å². The van der Waals surface area contributed by atoms with Gasteiger partial charge in [-0.2, -0.15) is 0 Å². The van der Waals surface area contributed by atoms with Crippen LogP contribution in [0.5, 0.6) is 0 Å². The summed E-state index contributed by atoms with van der Waals surface area (Å²) in [5, 5.41) is 5.85. The van der Waals surface area contributed by atoms with E-state index in [1.54, 1.807) is 12.1 Å². The molecule has 5 heteroatoms. The molecule has 1 aromatic carbocycles. The fraction of sp³-hybridized carbons (Fsp3) is 0.500. The molecular weight excluding hydrogens is 268 g/mol. The quantitative estimate of drug-likeness (QED) is 0.889. The van der Waals surface area contributed by atoms with Crippen molar-refractivity contribution in [1.29, 1.82) is 0 Å². The van der Waals surface area contributed by atoms with Crippen molar-refractivity contribution in [3.63, 3.8) is 0 Å². The van der Waals surface area contributed by atoms with Crippen LogP contribution in [-0.2, 0) is 9.53 Å². The van der Waals surface area contributed by atoms with Crippen molar-refractivity contribution >= 4 is 17.5 Å². The number of carbonyl (C=O) groups excluding carboxylic acids is 2. The molecule has 3 rings (SSSR count). The van der Waals surface area contributed by atoms with Gasteiger partial charge in [-0.05, 0) is 37.8 Å². The van der Waals surface area contributed by atoms with Crippen molar-refractivity contribution in [2.24, 2.45) is 5.92 Å². The number of nitrogens with one attached hydrogen (secondary N) is 2. The van der Waals surface area contributed by atoms with Crippen LogP contribution >= 0.6 is 0 Å². The van der Waals surface area contributed by atoms with Gasteiger partial charge in [0.25, 0.3) is 5.91 Å². The van der Waals surface area contributed by atoms with E-state index in [4.69, 9.17) is 4.74 Å². The first-order chi connectivity index (χ1) is 10.2. The highest BCUT2D eigenvalue weighted by Gasteiger charge is 2.26. The summed E-state index contributed by atoms with van der Waals surface area (Å²) < 4.78 is 5.27. The maximum Gasteiger partial charge on any atom is 0.253 e. The average molecular weight is 288 g/mol. The Balaban J connectivity index is 1.68. The summed E-state index contributed by atoms with van der Waals surface area (Å²) in [6, 6.07) is 7.47. The molecule has 0 aromatic heterocycles. The van der Waals surface area contributed by atoms with Crippen molar-refractivity contribution in [3.05, 3.63) is 29.8 Å². The van der Waals surface area contributed by atoms with Crippen LogP contribution in [0.3, 0.4) is 0 Å². The lowest BCUT2D eigenvalue weighted by molar-refractivity contribution is -0.122. The van der Waals surface area contributed by atoms with E-state index in [0.29, 0.717) is 30.5 Å². The molecule has 1 aromatic rings. The Morgan fingerprint density at radius 2 is 1.76 bits per heavy atom. The Morgan fingerprint density at radius 1 is 1.05 bits per heavy atom. The molecule has 1 aliphatic heterocycles. The number of benzene rings is 1. The van der Waals surface area contributed by atoms with Crippen LogP contribution in [0.4, 0.5) is 5.69 Å². The Kier molecular flexibility index (Phi) is 4.20. The minimum Gasteiger partial charge on any atom is -0.381 e. The van der Waals surface area contributed by atoms with Crippen LogP contribution in [0, 0.1) is 5.92 Å². The number of anilines is 1. The second-order valence-corrected chi connectivity index (χ2v) is 5.67. The topological polar surface area (TPSA) is 67.4 Å². The summed E-state index contributed by atoms with van der Waals surface area (Å²) >= 11 is 0. The van der Waals surface area contributed by atoms with Crippen molar-refractivity contribution in [1.82, 2.24) is 5.32 Å². The normalized spacial score (nSPS) is 19.0. The molecule has 112 valence electrons. The molecule has 0 bridgehead atoms. The standard InChI is InChI=1S/C16H20N2O3/c19-15(11-7-9-21-10-8-11)18-14-4-2-1-3-13(14)16(20)17-12-5-6-12/h1-4,11-12H,5-10H2,(H,17,20)(H,18,19). The fourth-order valence-corrected chi connectivity index (χ4v) is 2.48. The van der Waals surface area contributed by atoms with Crippen LogP contribution in [-0.4, -0.2) is 31.1 Å².